The molecule has 7 heteroatoms. The number of ether oxygens (including phenoxy) is 1. The number of esters is 1. The summed E-state index contributed by atoms with van der Waals surface area (Å²) in [5, 5.41) is 0. The van der Waals surface area contributed by atoms with Crippen molar-refractivity contribution in [2.45, 2.75) is 38.7 Å². The van der Waals surface area contributed by atoms with E-state index in [4.69, 9.17) is 4.74 Å². The molecular formula is C26H27NO5S. The van der Waals surface area contributed by atoms with Gasteiger partial charge in [-0.2, -0.15) is 0 Å². The fourth-order valence-corrected chi connectivity index (χ4v) is 5.17. The number of carbonyl (C=O) groups excluding carboxylic acids is 2. The molecule has 0 spiro atoms. The first kappa shape index (κ1) is 24.2. The van der Waals surface area contributed by atoms with Crippen molar-refractivity contribution in [1.29, 1.82) is 0 Å². The molecule has 0 radical (unpaired) electrons. The Morgan fingerprint density at radius 2 is 1.52 bits per heavy atom. The van der Waals surface area contributed by atoms with E-state index >= 15 is 0 Å². The Balaban J connectivity index is 1.86. The van der Waals surface area contributed by atoms with Crippen LogP contribution >= 0.6 is 0 Å². The van der Waals surface area contributed by atoms with Gasteiger partial charge in [0.15, 0.2) is 6.10 Å². The molecule has 0 amide bonds. The molecule has 0 unspecified atom stereocenters. The number of hydrogen-bond acceptors (Lipinski definition) is 5. The Morgan fingerprint density at radius 3 is 2.12 bits per heavy atom. The van der Waals surface area contributed by atoms with Crippen LogP contribution < -0.4 is 4.31 Å². The zero-order chi connectivity index (χ0) is 24.2. The van der Waals surface area contributed by atoms with Gasteiger partial charge in [-0.05, 0) is 57.5 Å². The van der Waals surface area contributed by atoms with Crippen molar-refractivity contribution in [3.8, 4) is 0 Å². The van der Waals surface area contributed by atoms with E-state index < -0.39 is 22.1 Å². The Labute approximate surface area is 194 Å². The molecule has 0 bridgehead atoms. The maximum Gasteiger partial charge on any atom is 0.338 e. The summed E-state index contributed by atoms with van der Waals surface area (Å²) in [6.07, 6.45) is -1.02. The van der Waals surface area contributed by atoms with Crippen molar-refractivity contribution in [3.63, 3.8) is 0 Å². The molecule has 172 valence electrons. The van der Waals surface area contributed by atoms with Crippen LogP contribution in [0, 0.1) is 13.8 Å². The molecule has 0 aliphatic rings. The van der Waals surface area contributed by atoms with E-state index in [-0.39, 0.29) is 22.8 Å². The molecule has 0 saturated heterocycles. The fraction of sp³-hybridized carbons (Fsp3) is 0.231. The minimum Gasteiger partial charge on any atom is -0.451 e. The highest BCUT2D eigenvalue weighted by molar-refractivity contribution is 7.92. The predicted molar refractivity (Wildman–Crippen MR) is 128 cm³/mol. The van der Waals surface area contributed by atoms with Gasteiger partial charge < -0.3 is 4.74 Å². The number of aryl methyl sites for hydroxylation is 2. The molecule has 1 atom stereocenters. The highest BCUT2D eigenvalue weighted by Gasteiger charge is 2.27. The van der Waals surface area contributed by atoms with Gasteiger partial charge in [0.2, 0.25) is 5.78 Å². The summed E-state index contributed by atoms with van der Waals surface area (Å²) in [4.78, 5) is 25.4. The second kappa shape index (κ2) is 10.0. The van der Waals surface area contributed by atoms with Crippen LogP contribution in [0.15, 0.2) is 77.7 Å². The van der Waals surface area contributed by atoms with E-state index in [1.807, 2.05) is 25.1 Å². The van der Waals surface area contributed by atoms with Crippen molar-refractivity contribution >= 4 is 27.5 Å². The van der Waals surface area contributed by atoms with Gasteiger partial charge in [-0.1, -0.05) is 54.1 Å². The zero-order valence-electron chi connectivity index (χ0n) is 19.1. The molecule has 0 aliphatic carbocycles. The summed E-state index contributed by atoms with van der Waals surface area (Å²) in [7, 11) is -3.92. The van der Waals surface area contributed by atoms with Crippen LogP contribution in [0.2, 0.25) is 0 Å². The van der Waals surface area contributed by atoms with Crippen molar-refractivity contribution in [2.24, 2.45) is 0 Å². The summed E-state index contributed by atoms with van der Waals surface area (Å²) in [5.74, 6) is -1.09. The predicted octanol–water partition coefficient (Wildman–Crippen LogP) is 4.95. The number of ketones is 1. The molecule has 0 saturated carbocycles. The van der Waals surface area contributed by atoms with Gasteiger partial charge in [0.25, 0.3) is 10.0 Å². The maximum absolute atomic E-state index is 13.4. The van der Waals surface area contributed by atoms with Gasteiger partial charge in [0.05, 0.1) is 16.1 Å². The molecule has 3 rings (SSSR count). The van der Waals surface area contributed by atoms with Crippen LogP contribution in [-0.2, 0) is 14.8 Å². The third kappa shape index (κ3) is 5.31. The van der Waals surface area contributed by atoms with Crippen LogP contribution in [0.4, 0.5) is 5.69 Å². The summed E-state index contributed by atoms with van der Waals surface area (Å²) >= 11 is 0. The molecule has 0 aliphatic heterocycles. The molecule has 6 nitrogen and oxygen atoms in total. The number of sulfonamides is 1. The van der Waals surface area contributed by atoms with Gasteiger partial charge in [-0.15, -0.1) is 0 Å². The first-order valence-electron chi connectivity index (χ1n) is 10.7. The quantitative estimate of drug-likeness (QED) is 0.347. The van der Waals surface area contributed by atoms with Crippen LogP contribution in [-0.4, -0.2) is 32.8 Å². The topological polar surface area (TPSA) is 80.8 Å². The van der Waals surface area contributed by atoms with Crippen LogP contribution in [0.5, 0.6) is 0 Å². The van der Waals surface area contributed by atoms with Crippen molar-refractivity contribution in [2.75, 3.05) is 10.8 Å². The van der Waals surface area contributed by atoms with Crippen molar-refractivity contribution in [1.82, 2.24) is 0 Å². The standard InChI is InChI=1S/C26H27NO5S/c1-5-27(23-9-7-6-8-10-23)33(30,31)24-17-22(16-13-19(24)3)26(29)32-20(4)25(28)21-14-11-18(2)12-15-21/h6-17,20H,5H2,1-4H3/t20-/m1/s1. The van der Waals surface area contributed by atoms with E-state index in [1.165, 1.54) is 23.4 Å². The van der Waals surface area contributed by atoms with E-state index in [1.54, 1.807) is 56.3 Å². The van der Waals surface area contributed by atoms with Gasteiger partial charge >= 0.3 is 5.97 Å². The Kier molecular flexibility index (Phi) is 7.33. The lowest BCUT2D eigenvalue weighted by Gasteiger charge is -2.24. The number of Topliss-reactive ketones (excluding diaryl/α,β-unsaturated/α-hetero) is 1. The highest BCUT2D eigenvalue weighted by Crippen LogP contribution is 2.26. The fourth-order valence-electron chi connectivity index (χ4n) is 3.44. The van der Waals surface area contributed by atoms with Crippen LogP contribution in [0.3, 0.4) is 0 Å². The molecule has 33 heavy (non-hydrogen) atoms. The second-order valence-corrected chi connectivity index (χ2v) is 9.59. The van der Waals surface area contributed by atoms with Gasteiger partial charge in [0, 0.05) is 12.1 Å². The molecule has 3 aromatic carbocycles. The monoisotopic (exact) mass is 465 g/mol. The van der Waals surface area contributed by atoms with Crippen LogP contribution in [0.25, 0.3) is 0 Å². The number of para-hydroxylation sites is 1. The lowest BCUT2D eigenvalue weighted by molar-refractivity contribution is 0.0318. The third-order valence-electron chi connectivity index (χ3n) is 5.31. The normalized spacial score (nSPS) is 12.1. The number of rotatable bonds is 8. The van der Waals surface area contributed by atoms with Gasteiger partial charge in [0.1, 0.15) is 0 Å². The largest absolute Gasteiger partial charge is 0.451 e. The number of nitrogens with zero attached hydrogens (tertiary/aromatic N) is 1. The lowest BCUT2D eigenvalue weighted by atomic mass is 10.1. The summed E-state index contributed by atoms with van der Waals surface area (Å²) in [5.41, 5.74) is 2.55. The van der Waals surface area contributed by atoms with E-state index in [2.05, 4.69) is 0 Å². The average Bonchev–Trinajstić information content (AvgIpc) is 2.80. The second-order valence-electron chi connectivity index (χ2n) is 7.76. The smallest absolute Gasteiger partial charge is 0.338 e. The number of hydrogen-bond donors (Lipinski definition) is 0. The minimum absolute atomic E-state index is 0.0140. The molecule has 0 fully saturated rings. The molecule has 0 N–H and O–H groups in total. The highest BCUT2D eigenvalue weighted by atomic mass is 32.2. The Hall–Kier alpha value is -3.45. The summed E-state index contributed by atoms with van der Waals surface area (Å²) < 4.78 is 33.5. The number of anilines is 1. The van der Waals surface area contributed by atoms with E-state index in [9.17, 15) is 18.0 Å². The first-order chi connectivity index (χ1) is 15.6. The maximum atomic E-state index is 13.4. The van der Waals surface area contributed by atoms with Gasteiger partial charge in [-0.25, -0.2) is 13.2 Å². The number of benzene rings is 3. The number of carbonyl (C=O) groups is 2. The molecule has 0 heterocycles. The van der Waals surface area contributed by atoms with Crippen molar-refractivity contribution in [3.05, 3.63) is 95.1 Å². The van der Waals surface area contributed by atoms with E-state index in [0.29, 0.717) is 16.8 Å². The van der Waals surface area contributed by atoms with Crippen molar-refractivity contribution < 1.29 is 22.7 Å². The Morgan fingerprint density at radius 1 is 0.909 bits per heavy atom. The molecule has 3 aromatic rings. The van der Waals surface area contributed by atoms with E-state index in [0.717, 1.165) is 5.56 Å². The van der Waals surface area contributed by atoms with Gasteiger partial charge in [-0.3, -0.25) is 9.10 Å². The summed E-state index contributed by atoms with van der Waals surface area (Å²) in [6, 6.07) is 20.1. The zero-order valence-corrected chi connectivity index (χ0v) is 19.9. The SMILES string of the molecule is CCN(c1ccccc1)S(=O)(=O)c1cc(C(=O)O[C@H](C)C(=O)c2ccc(C)cc2)ccc1C. The average molecular weight is 466 g/mol. The van der Waals surface area contributed by atoms with Crippen LogP contribution in [0.1, 0.15) is 45.7 Å². The minimum atomic E-state index is -3.92. The first-order valence-corrected chi connectivity index (χ1v) is 12.1. The lowest BCUT2D eigenvalue weighted by Crippen LogP contribution is -2.31. The molecular weight excluding hydrogens is 438 g/mol. The summed E-state index contributed by atoms with van der Waals surface area (Å²) in [6.45, 7) is 7.06. The Bertz CT molecular complexity index is 1250. The third-order valence-corrected chi connectivity index (χ3v) is 7.36. The molecule has 0 aromatic heterocycles.